The molecule has 0 aliphatic rings. The number of non-ortho nitro benzene ring substituents is 1. The van der Waals surface area contributed by atoms with Gasteiger partial charge < -0.3 is 10.6 Å². The van der Waals surface area contributed by atoms with Crippen molar-refractivity contribution in [2.24, 2.45) is 0 Å². The monoisotopic (exact) mass is 516 g/mol. The molecule has 2 amide bonds. The van der Waals surface area contributed by atoms with Gasteiger partial charge >= 0.3 is 6.03 Å². The summed E-state index contributed by atoms with van der Waals surface area (Å²) in [6.07, 6.45) is 0. The largest absolute Gasteiger partial charge is 0.331 e. The summed E-state index contributed by atoms with van der Waals surface area (Å²) >= 11 is 1.50. The molecule has 0 aliphatic carbocycles. The maximum Gasteiger partial charge on any atom is 0.319 e. The molecular weight excluding hydrogens is 488 g/mol. The van der Waals surface area contributed by atoms with Crippen molar-refractivity contribution in [2.45, 2.75) is 44.1 Å². The molecule has 9 nitrogen and oxygen atoms in total. The third-order valence-corrected chi connectivity index (χ3v) is 6.71. The molecule has 0 saturated carbocycles. The van der Waals surface area contributed by atoms with E-state index < -0.39 is 4.92 Å². The highest BCUT2D eigenvalue weighted by atomic mass is 32.2. The molecule has 0 spiro atoms. The standard InChI is InChI=1S/C27H28N6O3S/c1-18(2)21-7-9-22(10-8-21)29-26(34)28-16-25-30-31-27(37-17-20-6-4-5-19(3)15-20)32(25)23-11-13-24(14-12-23)33(35)36/h4-15,18H,16-17H2,1-3H3,(H2,28,29,34). The van der Waals surface area contributed by atoms with Crippen molar-refractivity contribution in [1.29, 1.82) is 0 Å². The van der Waals surface area contributed by atoms with E-state index in [0.717, 1.165) is 5.56 Å². The quantitative estimate of drug-likeness (QED) is 0.155. The SMILES string of the molecule is Cc1cccc(CSc2nnc(CNC(=O)Nc3ccc(C(C)C)cc3)n2-c2ccc([N+](=O)[O-])cc2)c1. The lowest BCUT2D eigenvalue weighted by molar-refractivity contribution is -0.384. The van der Waals surface area contributed by atoms with Crippen LogP contribution in [0, 0.1) is 17.0 Å². The first kappa shape index (κ1) is 25.9. The highest BCUT2D eigenvalue weighted by Crippen LogP contribution is 2.27. The number of nitrogens with one attached hydrogen (secondary N) is 2. The second kappa shape index (κ2) is 11.7. The number of nitro benzene ring substituents is 1. The number of hydrogen-bond donors (Lipinski definition) is 2. The van der Waals surface area contributed by atoms with Crippen molar-refractivity contribution in [1.82, 2.24) is 20.1 Å². The van der Waals surface area contributed by atoms with Gasteiger partial charge in [-0.1, -0.05) is 67.6 Å². The molecule has 0 unspecified atom stereocenters. The van der Waals surface area contributed by atoms with Gasteiger partial charge in [0.15, 0.2) is 11.0 Å². The predicted octanol–water partition coefficient (Wildman–Crippen LogP) is 6.22. The van der Waals surface area contributed by atoms with Gasteiger partial charge in [0, 0.05) is 29.3 Å². The zero-order valence-electron chi connectivity index (χ0n) is 20.8. The fraction of sp³-hybridized carbons (Fsp3) is 0.222. The van der Waals surface area contributed by atoms with Crippen LogP contribution in [0.2, 0.25) is 0 Å². The van der Waals surface area contributed by atoms with Gasteiger partial charge in [-0.25, -0.2) is 4.79 Å². The minimum atomic E-state index is -0.441. The van der Waals surface area contributed by atoms with Gasteiger partial charge in [0.05, 0.1) is 11.5 Å². The topological polar surface area (TPSA) is 115 Å². The van der Waals surface area contributed by atoms with E-state index in [1.54, 1.807) is 12.1 Å². The number of hydrogen-bond acceptors (Lipinski definition) is 6. The number of nitro groups is 1. The van der Waals surface area contributed by atoms with Crippen molar-refractivity contribution >= 4 is 29.2 Å². The smallest absolute Gasteiger partial charge is 0.319 e. The number of aromatic nitrogens is 3. The fourth-order valence-electron chi connectivity index (χ4n) is 3.73. The molecular formula is C27H28N6O3S. The minimum absolute atomic E-state index is 0.00618. The number of amides is 2. The van der Waals surface area contributed by atoms with E-state index in [2.05, 4.69) is 40.7 Å². The summed E-state index contributed by atoms with van der Waals surface area (Å²) < 4.78 is 1.81. The summed E-state index contributed by atoms with van der Waals surface area (Å²) in [6, 6.07) is 21.7. The number of aryl methyl sites for hydroxylation is 1. The molecule has 0 bridgehead atoms. The van der Waals surface area contributed by atoms with Crippen molar-refractivity contribution in [3.05, 3.63) is 105 Å². The third kappa shape index (κ3) is 6.73. The lowest BCUT2D eigenvalue weighted by Gasteiger charge is -2.12. The number of thioether (sulfide) groups is 1. The Hall–Kier alpha value is -4.18. The van der Waals surface area contributed by atoms with Crippen LogP contribution >= 0.6 is 11.8 Å². The van der Waals surface area contributed by atoms with Gasteiger partial charge in [0.2, 0.25) is 0 Å². The molecule has 4 aromatic rings. The number of carbonyl (C=O) groups excluding carboxylic acids is 1. The Morgan fingerprint density at radius 1 is 1.05 bits per heavy atom. The molecule has 0 radical (unpaired) electrons. The van der Waals surface area contributed by atoms with E-state index in [4.69, 9.17) is 0 Å². The van der Waals surface area contributed by atoms with Crippen LogP contribution in [0.3, 0.4) is 0 Å². The Labute approximate surface area is 219 Å². The first-order valence-electron chi connectivity index (χ1n) is 11.8. The maximum atomic E-state index is 12.6. The molecule has 2 N–H and O–H groups in total. The van der Waals surface area contributed by atoms with Crippen LogP contribution in [0.1, 0.15) is 42.3 Å². The highest BCUT2D eigenvalue weighted by Gasteiger charge is 2.17. The van der Waals surface area contributed by atoms with E-state index in [0.29, 0.717) is 34.0 Å². The van der Waals surface area contributed by atoms with Crippen molar-refractivity contribution in [3.63, 3.8) is 0 Å². The van der Waals surface area contributed by atoms with Crippen LogP contribution in [0.15, 0.2) is 78.0 Å². The molecule has 190 valence electrons. The molecule has 0 fully saturated rings. The van der Waals surface area contributed by atoms with Crippen molar-refractivity contribution < 1.29 is 9.72 Å². The van der Waals surface area contributed by atoms with Crippen LogP contribution in [-0.4, -0.2) is 25.7 Å². The third-order valence-electron chi connectivity index (χ3n) is 5.71. The predicted molar refractivity (Wildman–Crippen MR) is 145 cm³/mol. The maximum absolute atomic E-state index is 12.6. The number of nitrogens with zero attached hydrogens (tertiary/aromatic N) is 4. The van der Waals surface area contributed by atoms with Crippen molar-refractivity contribution in [3.8, 4) is 5.69 Å². The summed E-state index contributed by atoms with van der Waals surface area (Å²) in [5.74, 6) is 1.59. The zero-order valence-corrected chi connectivity index (χ0v) is 21.7. The van der Waals surface area contributed by atoms with Gasteiger partial charge in [0.1, 0.15) is 0 Å². The van der Waals surface area contributed by atoms with Crippen LogP contribution < -0.4 is 10.6 Å². The summed E-state index contributed by atoms with van der Waals surface area (Å²) in [4.78, 5) is 23.2. The van der Waals surface area contributed by atoms with Crippen LogP contribution in [0.25, 0.3) is 5.69 Å². The van der Waals surface area contributed by atoms with Gasteiger partial charge in [-0.2, -0.15) is 0 Å². The van der Waals surface area contributed by atoms with Gasteiger partial charge in [0.25, 0.3) is 5.69 Å². The number of benzene rings is 3. The zero-order chi connectivity index (χ0) is 26.4. The molecule has 1 heterocycles. The lowest BCUT2D eigenvalue weighted by atomic mass is 10.0. The van der Waals surface area contributed by atoms with E-state index in [9.17, 15) is 14.9 Å². The average Bonchev–Trinajstić information content (AvgIpc) is 3.29. The first-order valence-corrected chi connectivity index (χ1v) is 12.8. The highest BCUT2D eigenvalue weighted by molar-refractivity contribution is 7.98. The molecule has 37 heavy (non-hydrogen) atoms. The molecule has 10 heteroatoms. The Bertz CT molecular complexity index is 1380. The van der Waals surface area contributed by atoms with Crippen molar-refractivity contribution in [2.75, 3.05) is 5.32 Å². The van der Waals surface area contributed by atoms with E-state index >= 15 is 0 Å². The summed E-state index contributed by atoms with van der Waals surface area (Å²) in [6.45, 7) is 6.39. The van der Waals surface area contributed by atoms with Gasteiger partial charge in [-0.3, -0.25) is 14.7 Å². The second-order valence-corrected chi connectivity index (χ2v) is 9.81. The molecule has 4 rings (SSSR count). The summed E-state index contributed by atoms with van der Waals surface area (Å²) in [5.41, 5.74) is 4.86. The molecule has 0 saturated heterocycles. The Morgan fingerprint density at radius 2 is 1.78 bits per heavy atom. The molecule has 0 aliphatic heterocycles. The van der Waals surface area contributed by atoms with Gasteiger partial charge in [-0.05, 0) is 48.2 Å². The van der Waals surface area contributed by atoms with Gasteiger partial charge in [-0.15, -0.1) is 10.2 Å². The molecule has 0 atom stereocenters. The van der Waals surface area contributed by atoms with E-state index in [-0.39, 0.29) is 18.3 Å². The second-order valence-electron chi connectivity index (χ2n) is 8.87. The lowest BCUT2D eigenvalue weighted by Crippen LogP contribution is -2.29. The normalized spacial score (nSPS) is 10.9. The number of anilines is 1. The Balaban J connectivity index is 1.51. The molecule has 1 aromatic heterocycles. The Morgan fingerprint density at radius 3 is 2.43 bits per heavy atom. The van der Waals surface area contributed by atoms with Crippen LogP contribution in [0.5, 0.6) is 0 Å². The number of rotatable bonds is 9. The minimum Gasteiger partial charge on any atom is -0.331 e. The summed E-state index contributed by atoms with van der Waals surface area (Å²) in [5, 5.41) is 26.0. The first-order chi connectivity index (χ1) is 17.8. The molecule has 3 aromatic carbocycles. The van der Waals surface area contributed by atoms with E-state index in [1.807, 2.05) is 54.0 Å². The van der Waals surface area contributed by atoms with E-state index in [1.165, 1.54) is 35.0 Å². The van der Waals surface area contributed by atoms with Crippen LogP contribution in [-0.2, 0) is 12.3 Å². The Kier molecular flexibility index (Phi) is 8.19. The fourth-order valence-corrected chi connectivity index (χ4v) is 4.64. The summed E-state index contributed by atoms with van der Waals surface area (Å²) in [7, 11) is 0. The number of carbonyl (C=O) groups is 1. The van der Waals surface area contributed by atoms with Crippen LogP contribution in [0.4, 0.5) is 16.2 Å². The average molecular weight is 517 g/mol. The number of urea groups is 1.